The van der Waals surface area contributed by atoms with E-state index in [0.717, 1.165) is 6.08 Å². The van der Waals surface area contributed by atoms with Crippen LogP contribution in [0.4, 0.5) is 0 Å². The molecule has 1 spiro atoms. The summed E-state index contributed by atoms with van der Waals surface area (Å²) in [5, 5.41) is 29.6. The normalized spacial score (nSPS) is 41.8. The first-order valence-electron chi connectivity index (χ1n) is 13.1. The molecular formula is C29H34O10. The third-order valence-corrected chi connectivity index (χ3v) is 9.14. The van der Waals surface area contributed by atoms with Crippen LogP contribution < -0.4 is 0 Å². The molecule has 0 aromatic carbocycles. The Kier molecular flexibility index (Phi) is 7.82. The fourth-order valence-corrected chi connectivity index (χ4v) is 7.11. The number of aliphatic hydroxyl groups is 2. The monoisotopic (exact) mass is 542 g/mol. The third kappa shape index (κ3) is 4.49. The van der Waals surface area contributed by atoms with Gasteiger partial charge in [-0.25, -0.2) is 4.79 Å². The Morgan fingerprint density at radius 3 is 2.44 bits per heavy atom. The average molecular weight is 543 g/mol. The van der Waals surface area contributed by atoms with Crippen molar-refractivity contribution < 1.29 is 48.8 Å². The summed E-state index contributed by atoms with van der Waals surface area (Å²) in [4.78, 5) is 64.2. The molecule has 10 unspecified atom stereocenters. The number of rotatable bonds is 6. The zero-order valence-corrected chi connectivity index (χ0v) is 22.1. The molecule has 39 heavy (non-hydrogen) atoms. The van der Waals surface area contributed by atoms with Crippen LogP contribution in [0.3, 0.4) is 0 Å². The van der Waals surface area contributed by atoms with Gasteiger partial charge in [0, 0.05) is 36.2 Å². The van der Waals surface area contributed by atoms with Gasteiger partial charge in [-0.05, 0) is 24.7 Å². The Morgan fingerprint density at radius 1 is 1.13 bits per heavy atom. The largest absolute Gasteiger partial charge is 0.478 e. The Balaban J connectivity index is 1.78. The zero-order chi connectivity index (χ0) is 28.7. The number of cyclic esters (lactones) is 1. The van der Waals surface area contributed by atoms with Crippen LogP contribution in [-0.2, 0) is 33.4 Å². The van der Waals surface area contributed by atoms with Gasteiger partial charge in [0.2, 0.25) is 5.78 Å². The smallest absolute Gasteiger partial charge is 0.328 e. The van der Waals surface area contributed by atoms with E-state index in [1.807, 2.05) is 12.2 Å². The van der Waals surface area contributed by atoms with Gasteiger partial charge in [-0.1, -0.05) is 56.4 Å². The second-order valence-corrected chi connectivity index (χ2v) is 11.1. The number of ether oxygens (including phenoxy) is 2. The predicted molar refractivity (Wildman–Crippen MR) is 136 cm³/mol. The summed E-state index contributed by atoms with van der Waals surface area (Å²) in [5.74, 6) is -6.68. The molecule has 4 aliphatic rings. The van der Waals surface area contributed by atoms with Crippen molar-refractivity contribution in [1.29, 1.82) is 0 Å². The molecule has 2 saturated carbocycles. The van der Waals surface area contributed by atoms with Gasteiger partial charge in [-0.15, -0.1) is 0 Å². The number of ketones is 2. The first-order valence-corrected chi connectivity index (χ1v) is 13.1. The molecule has 0 radical (unpaired) electrons. The maximum atomic E-state index is 14.6. The van der Waals surface area contributed by atoms with E-state index in [4.69, 9.17) is 14.6 Å². The highest BCUT2D eigenvalue weighted by Crippen LogP contribution is 2.62. The van der Waals surface area contributed by atoms with Gasteiger partial charge in [0.15, 0.2) is 17.3 Å². The molecule has 10 atom stereocenters. The van der Waals surface area contributed by atoms with Crippen molar-refractivity contribution in [2.24, 2.45) is 40.4 Å². The molecule has 1 aliphatic heterocycles. The number of carbonyl (C=O) groups is 5. The molecule has 3 N–H and O–H groups in total. The van der Waals surface area contributed by atoms with E-state index in [1.165, 1.54) is 25.2 Å². The van der Waals surface area contributed by atoms with E-state index >= 15 is 0 Å². The SMILES string of the molecule is CC(=O)OC1CC2C(C=CC3CC(C=CC=CC=CC(=O)O)C4(C(=O)OC(CO)C4=O)C(=O)C32C)C(O)C1C. The summed E-state index contributed by atoms with van der Waals surface area (Å²) in [5.41, 5.74) is -3.44. The van der Waals surface area contributed by atoms with Crippen molar-refractivity contribution in [2.75, 3.05) is 6.61 Å². The number of allylic oxidation sites excluding steroid dienone is 6. The molecule has 10 nitrogen and oxygen atoms in total. The Bertz CT molecular complexity index is 1180. The minimum Gasteiger partial charge on any atom is -0.478 e. The van der Waals surface area contributed by atoms with Gasteiger partial charge >= 0.3 is 17.9 Å². The zero-order valence-electron chi connectivity index (χ0n) is 22.1. The lowest BCUT2D eigenvalue weighted by molar-refractivity contribution is -0.180. The van der Waals surface area contributed by atoms with Crippen molar-refractivity contribution >= 4 is 29.5 Å². The third-order valence-electron chi connectivity index (χ3n) is 9.14. The summed E-state index contributed by atoms with van der Waals surface area (Å²) >= 11 is 0. The van der Waals surface area contributed by atoms with E-state index in [0.29, 0.717) is 0 Å². The van der Waals surface area contributed by atoms with Gasteiger partial charge < -0.3 is 24.8 Å². The van der Waals surface area contributed by atoms with E-state index in [9.17, 15) is 34.2 Å². The van der Waals surface area contributed by atoms with Crippen LogP contribution >= 0.6 is 0 Å². The molecule has 3 fully saturated rings. The second kappa shape index (κ2) is 10.7. The van der Waals surface area contributed by atoms with Crippen LogP contribution in [0.25, 0.3) is 0 Å². The van der Waals surface area contributed by atoms with Crippen LogP contribution in [0, 0.1) is 40.4 Å². The number of carbonyl (C=O) groups excluding carboxylic acids is 4. The van der Waals surface area contributed by atoms with Crippen LogP contribution in [-0.4, -0.2) is 69.7 Å². The molecule has 0 aromatic heterocycles. The topological polar surface area (TPSA) is 164 Å². The lowest BCUT2D eigenvalue weighted by Crippen LogP contribution is -2.66. The van der Waals surface area contributed by atoms with Crippen molar-refractivity contribution in [2.45, 2.75) is 51.9 Å². The lowest BCUT2D eigenvalue weighted by atomic mass is 9.43. The maximum Gasteiger partial charge on any atom is 0.328 e. The molecule has 0 amide bonds. The van der Waals surface area contributed by atoms with E-state index in [-0.39, 0.29) is 18.8 Å². The minimum absolute atomic E-state index is 0.236. The Hall–Kier alpha value is -3.37. The number of carboxylic acid groups (broad SMARTS) is 1. The summed E-state index contributed by atoms with van der Waals surface area (Å²) in [6, 6.07) is 0. The first-order chi connectivity index (χ1) is 18.4. The van der Waals surface area contributed by atoms with Gasteiger partial charge in [-0.2, -0.15) is 0 Å². The number of fused-ring (bicyclic) bond motifs is 3. The number of Topliss-reactive ketones (excluding diaryl/α,β-unsaturated/α-hetero) is 2. The second-order valence-electron chi connectivity index (χ2n) is 11.1. The highest BCUT2D eigenvalue weighted by molar-refractivity contribution is 6.28. The molecule has 210 valence electrons. The summed E-state index contributed by atoms with van der Waals surface area (Å²) < 4.78 is 10.7. The first kappa shape index (κ1) is 28.6. The fraction of sp³-hybridized carbons (Fsp3) is 0.552. The Labute approximate surface area is 226 Å². The maximum absolute atomic E-state index is 14.6. The predicted octanol–water partition coefficient (Wildman–Crippen LogP) is 1.56. The van der Waals surface area contributed by atoms with Gasteiger partial charge in [0.1, 0.15) is 6.10 Å². The molecule has 3 aliphatic carbocycles. The molecule has 4 rings (SSSR count). The molecule has 0 bridgehead atoms. The summed E-state index contributed by atoms with van der Waals surface area (Å²) in [6.45, 7) is 4.01. The van der Waals surface area contributed by atoms with Crippen LogP contribution in [0.5, 0.6) is 0 Å². The highest BCUT2D eigenvalue weighted by atomic mass is 16.6. The van der Waals surface area contributed by atoms with Crippen molar-refractivity contribution in [3.05, 3.63) is 48.6 Å². The van der Waals surface area contributed by atoms with E-state index < -0.39 is 88.9 Å². The molecular weight excluding hydrogens is 508 g/mol. The van der Waals surface area contributed by atoms with Gasteiger partial charge in [-0.3, -0.25) is 19.2 Å². The number of esters is 2. The van der Waals surface area contributed by atoms with Crippen LogP contribution in [0.2, 0.25) is 0 Å². The Morgan fingerprint density at radius 2 is 1.82 bits per heavy atom. The number of hydrogen-bond donors (Lipinski definition) is 3. The summed E-state index contributed by atoms with van der Waals surface area (Å²) in [6.07, 6.45) is 9.58. The van der Waals surface area contributed by atoms with Crippen LogP contribution in [0.15, 0.2) is 48.6 Å². The molecule has 10 heteroatoms. The number of aliphatic carboxylic acids is 1. The van der Waals surface area contributed by atoms with E-state index in [1.54, 1.807) is 26.0 Å². The number of aliphatic hydroxyl groups excluding tert-OH is 2. The highest BCUT2D eigenvalue weighted by Gasteiger charge is 2.74. The quantitative estimate of drug-likeness (QED) is 0.147. The molecule has 1 saturated heterocycles. The standard InChI is InChI=1S/C29H34O10/c1-15-21(38-16(2)31)13-20-19(24(15)34)11-10-17-12-18(8-6-4-5-7-9-23(32)33)29(26(36)28(17,20)3)25(35)22(14-30)39-27(29)37/h4-11,15,17-22,24,30,34H,12-14H2,1-3H3,(H,32,33). The number of hydrogen-bond acceptors (Lipinski definition) is 9. The fourth-order valence-electron chi connectivity index (χ4n) is 7.11. The van der Waals surface area contributed by atoms with Crippen molar-refractivity contribution in [3.8, 4) is 0 Å². The average Bonchev–Trinajstić information content (AvgIpc) is 3.13. The van der Waals surface area contributed by atoms with Gasteiger partial charge in [0.25, 0.3) is 0 Å². The molecule has 1 heterocycles. The van der Waals surface area contributed by atoms with Crippen molar-refractivity contribution in [1.82, 2.24) is 0 Å². The van der Waals surface area contributed by atoms with Crippen LogP contribution in [0.1, 0.15) is 33.6 Å². The number of carboxylic acids is 1. The summed E-state index contributed by atoms with van der Waals surface area (Å²) in [7, 11) is 0. The molecule has 0 aromatic rings. The lowest BCUT2D eigenvalue weighted by Gasteiger charge is -2.58. The van der Waals surface area contributed by atoms with E-state index in [2.05, 4.69) is 0 Å². The van der Waals surface area contributed by atoms with Crippen molar-refractivity contribution in [3.63, 3.8) is 0 Å². The van der Waals surface area contributed by atoms with Gasteiger partial charge in [0.05, 0.1) is 12.7 Å². The minimum atomic E-state index is -2.18.